The fourth-order valence-electron chi connectivity index (χ4n) is 4.84. The van der Waals surface area contributed by atoms with Gasteiger partial charge in [0, 0.05) is 61.6 Å². The minimum Gasteiger partial charge on any atom is -1.00 e. The van der Waals surface area contributed by atoms with E-state index in [0.29, 0.717) is 0 Å². The Morgan fingerprint density at radius 2 is 0.744 bits per heavy atom. The van der Waals surface area contributed by atoms with Gasteiger partial charge in [0.25, 0.3) is 0 Å². The third-order valence-electron chi connectivity index (χ3n) is 7.33. The molecule has 0 aliphatic rings. The molecule has 0 atom stereocenters. The van der Waals surface area contributed by atoms with Crippen LogP contribution in [-0.4, -0.2) is 13.1 Å². The van der Waals surface area contributed by atoms with E-state index in [2.05, 4.69) is 82.7 Å². The van der Waals surface area contributed by atoms with Crippen molar-refractivity contribution in [2.75, 3.05) is 23.7 Å². The third kappa shape index (κ3) is 20.4. The molecular formula is C33H58Br2N4. The number of hydrogen-bond donors (Lipinski definition) is 2. The van der Waals surface area contributed by atoms with Gasteiger partial charge in [-0.05, 0) is 25.7 Å². The number of nitrogens with zero attached hydrogens (tertiary/aromatic N) is 2. The Hall–Kier alpha value is -1.14. The van der Waals surface area contributed by atoms with Gasteiger partial charge in [0.15, 0.2) is 24.8 Å². The SMILES string of the molecule is CCCCCCCNc1cc[n+](CCCCCCCCC[n+]2ccc(NCCCCCCC)cc2)cc1.[Br-].[Br-]. The van der Waals surface area contributed by atoms with Crippen molar-refractivity contribution in [3.63, 3.8) is 0 Å². The van der Waals surface area contributed by atoms with Crippen LogP contribution in [-0.2, 0) is 13.1 Å². The predicted octanol–water partition coefficient (Wildman–Crippen LogP) is 2.47. The molecule has 39 heavy (non-hydrogen) atoms. The van der Waals surface area contributed by atoms with Crippen LogP contribution < -0.4 is 53.7 Å². The summed E-state index contributed by atoms with van der Waals surface area (Å²) in [5.74, 6) is 0. The Morgan fingerprint density at radius 1 is 0.436 bits per heavy atom. The van der Waals surface area contributed by atoms with E-state index in [1.54, 1.807) is 0 Å². The normalized spacial score (nSPS) is 10.5. The van der Waals surface area contributed by atoms with E-state index in [1.165, 1.54) is 121 Å². The van der Waals surface area contributed by atoms with Crippen LogP contribution >= 0.6 is 0 Å². The van der Waals surface area contributed by atoms with E-state index < -0.39 is 0 Å². The summed E-state index contributed by atoms with van der Waals surface area (Å²) in [5.41, 5.74) is 2.51. The minimum absolute atomic E-state index is 0. The molecule has 0 aliphatic carbocycles. The number of aryl methyl sites for hydroxylation is 2. The van der Waals surface area contributed by atoms with Crippen LogP contribution in [0.3, 0.4) is 0 Å². The lowest BCUT2D eigenvalue weighted by Crippen LogP contribution is -3.00. The molecule has 2 aromatic heterocycles. The van der Waals surface area contributed by atoms with Crippen LogP contribution in [0.4, 0.5) is 11.4 Å². The molecule has 0 saturated carbocycles. The van der Waals surface area contributed by atoms with Gasteiger partial charge in [-0.3, -0.25) is 0 Å². The lowest BCUT2D eigenvalue weighted by Gasteiger charge is -2.06. The summed E-state index contributed by atoms with van der Waals surface area (Å²) >= 11 is 0. The molecular weight excluding hydrogens is 612 g/mol. The molecule has 0 amide bonds. The van der Waals surface area contributed by atoms with E-state index in [1.807, 2.05) is 0 Å². The van der Waals surface area contributed by atoms with Crippen LogP contribution in [0.5, 0.6) is 0 Å². The fraction of sp³-hybridized carbons (Fsp3) is 0.697. The molecule has 2 aromatic rings. The lowest BCUT2D eigenvalue weighted by atomic mass is 10.1. The summed E-state index contributed by atoms with van der Waals surface area (Å²) in [7, 11) is 0. The Morgan fingerprint density at radius 3 is 1.10 bits per heavy atom. The maximum Gasteiger partial charge on any atom is 0.170 e. The van der Waals surface area contributed by atoms with Gasteiger partial charge in [0.05, 0.1) is 0 Å². The molecule has 4 nitrogen and oxygen atoms in total. The number of nitrogens with one attached hydrogen (secondary N) is 2. The van der Waals surface area contributed by atoms with Crippen molar-refractivity contribution in [1.82, 2.24) is 0 Å². The van der Waals surface area contributed by atoms with Crippen molar-refractivity contribution < 1.29 is 43.1 Å². The maximum atomic E-state index is 3.56. The number of hydrogen-bond acceptors (Lipinski definition) is 2. The summed E-state index contributed by atoms with van der Waals surface area (Å²) in [6.07, 6.45) is 31.6. The molecule has 2 heterocycles. The molecule has 0 fully saturated rings. The summed E-state index contributed by atoms with van der Waals surface area (Å²) in [5, 5.41) is 7.12. The molecule has 0 radical (unpaired) electrons. The van der Waals surface area contributed by atoms with Crippen LogP contribution in [0.2, 0.25) is 0 Å². The van der Waals surface area contributed by atoms with Gasteiger partial charge < -0.3 is 44.6 Å². The van der Waals surface area contributed by atoms with Crippen LogP contribution in [0.15, 0.2) is 49.1 Å². The van der Waals surface area contributed by atoms with Crippen molar-refractivity contribution in [2.45, 2.75) is 136 Å². The van der Waals surface area contributed by atoms with Crippen molar-refractivity contribution in [1.29, 1.82) is 0 Å². The minimum atomic E-state index is 0. The first-order valence-electron chi connectivity index (χ1n) is 15.8. The second-order valence-corrected chi connectivity index (χ2v) is 10.8. The highest BCUT2D eigenvalue weighted by Gasteiger charge is 2.03. The van der Waals surface area contributed by atoms with Gasteiger partial charge >= 0.3 is 0 Å². The molecule has 0 saturated heterocycles. The first-order valence-corrected chi connectivity index (χ1v) is 15.8. The monoisotopic (exact) mass is 668 g/mol. The molecule has 0 aliphatic heterocycles. The number of unbranched alkanes of at least 4 members (excludes halogenated alkanes) is 14. The van der Waals surface area contributed by atoms with E-state index in [9.17, 15) is 0 Å². The number of halogens is 2. The number of rotatable bonds is 24. The van der Waals surface area contributed by atoms with Gasteiger partial charge in [0.1, 0.15) is 13.1 Å². The van der Waals surface area contributed by atoms with Crippen molar-refractivity contribution in [3.05, 3.63) is 49.1 Å². The molecule has 2 N–H and O–H groups in total. The average Bonchev–Trinajstić information content (AvgIpc) is 2.93. The number of aromatic nitrogens is 2. The fourth-order valence-corrected chi connectivity index (χ4v) is 4.84. The molecule has 0 spiro atoms. The zero-order valence-corrected chi connectivity index (χ0v) is 28.3. The summed E-state index contributed by atoms with van der Waals surface area (Å²) in [6.45, 7) is 9.00. The van der Waals surface area contributed by atoms with Crippen molar-refractivity contribution in [2.24, 2.45) is 0 Å². The van der Waals surface area contributed by atoms with Crippen molar-refractivity contribution >= 4 is 11.4 Å². The average molecular weight is 671 g/mol. The van der Waals surface area contributed by atoms with Crippen LogP contribution in [0, 0.1) is 0 Å². The first kappa shape index (κ1) is 37.9. The molecule has 0 aromatic carbocycles. The maximum absolute atomic E-state index is 3.56. The van der Waals surface area contributed by atoms with Gasteiger partial charge in [-0.1, -0.05) is 84.5 Å². The van der Waals surface area contributed by atoms with E-state index in [0.717, 1.165) is 26.2 Å². The second kappa shape index (κ2) is 27.1. The Balaban J connectivity index is 0.00000722. The van der Waals surface area contributed by atoms with Gasteiger partial charge in [-0.25, -0.2) is 9.13 Å². The van der Waals surface area contributed by atoms with E-state index >= 15 is 0 Å². The first-order chi connectivity index (χ1) is 18.3. The molecule has 6 heteroatoms. The topological polar surface area (TPSA) is 31.8 Å². The zero-order valence-electron chi connectivity index (χ0n) is 25.1. The summed E-state index contributed by atoms with van der Waals surface area (Å²) < 4.78 is 4.66. The smallest absolute Gasteiger partial charge is 0.170 e. The number of anilines is 2. The zero-order chi connectivity index (χ0) is 26.2. The quantitative estimate of drug-likeness (QED) is 0.133. The Bertz CT molecular complexity index is 703. The molecule has 0 bridgehead atoms. The van der Waals surface area contributed by atoms with Gasteiger partial charge in [-0.2, -0.15) is 0 Å². The van der Waals surface area contributed by atoms with Crippen LogP contribution in [0.25, 0.3) is 0 Å². The summed E-state index contributed by atoms with van der Waals surface area (Å²) in [6, 6.07) is 8.90. The van der Waals surface area contributed by atoms with E-state index in [4.69, 9.17) is 0 Å². The van der Waals surface area contributed by atoms with Crippen LogP contribution in [0.1, 0.15) is 123 Å². The lowest BCUT2D eigenvalue weighted by molar-refractivity contribution is -0.697. The van der Waals surface area contributed by atoms with E-state index in [-0.39, 0.29) is 34.0 Å². The predicted molar refractivity (Wildman–Crippen MR) is 160 cm³/mol. The van der Waals surface area contributed by atoms with Gasteiger partial charge in [0.2, 0.25) is 0 Å². The molecule has 2 rings (SSSR count). The van der Waals surface area contributed by atoms with Gasteiger partial charge in [-0.15, -0.1) is 0 Å². The summed E-state index contributed by atoms with van der Waals surface area (Å²) in [4.78, 5) is 0. The molecule has 0 unspecified atom stereocenters. The highest BCUT2D eigenvalue weighted by molar-refractivity contribution is 5.40. The number of pyridine rings is 2. The third-order valence-corrected chi connectivity index (χ3v) is 7.33. The van der Waals surface area contributed by atoms with Crippen molar-refractivity contribution in [3.8, 4) is 0 Å². The largest absolute Gasteiger partial charge is 1.00 e. The Kier molecular flexibility index (Phi) is 26.3. The highest BCUT2D eigenvalue weighted by Crippen LogP contribution is 2.10. The molecule has 224 valence electrons. The Labute approximate surface area is 262 Å². The standard InChI is InChI=1S/C33H56N4.2BrH/c1-3-5-7-12-16-24-34-32-20-28-36(29-21-32)26-18-14-10-9-11-15-19-27-37-30-22-33(23-31-37)35-25-17-13-8-6-4-2;;/h20-23,28-31H,3-19,24-27H2,1-2H3;2*1H. The highest BCUT2D eigenvalue weighted by atomic mass is 79.9. The second-order valence-electron chi connectivity index (χ2n) is 10.8.